The summed E-state index contributed by atoms with van der Waals surface area (Å²) in [5.41, 5.74) is 3.69. The van der Waals surface area contributed by atoms with Gasteiger partial charge in [0.1, 0.15) is 8.07 Å². The van der Waals surface area contributed by atoms with Crippen molar-refractivity contribution in [3.05, 3.63) is 0 Å². The monoisotopic (exact) mass is 238 g/mol. The van der Waals surface area contributed by atoms with Crippen LogP contribution in [0.25, 0.3) is 0 Å². The maximum absolute atomic E-state index is 3.69. The third-order valence-electron chi connectivity index (χ3n) is 3.42. The summed E-state index contributed by atoms with van der Waals surface area (Å²) in [5.74, 6) is 3.25. The topological polar surface area (TPSA) is 0 Å². The highest BCUT2D eigenvalue weighted by molar-refractivity contribution is 6.87. The van der Waals surface area contributed by atoms with Gasteiger partial charge in [0.25, 0.3) is 0 Å². The molecule has 0 fully saturated rings. The zero-order valence-electron chi connectivity index (χ0n) is 11.9. The molecular formula is C15H30Si. The lowest BCUT2D eigenvalue weighted by Crippen LogP contribution is -2.32. The van der Waals surface area contributed by atoms with E-state index in [4.69, 9.17) is 0 Å². The molecule has 0 heterocycles. The zero-order valence-corrected chi connectivity index (χ0v) is 12.9. The molecule has 0 aromatic heterocycles. The van der Waals surface area contributed by atoms with E-state index in [2.05, 4.69) is 32.2 Å². The average molecular weight is 238 g/mol. The highest BCUT2D eigenvalue weighted by Gasteiger charge is 2.28. The molecule has 0 saturated carbocycles. The van der Waals surface area contributed by atoms with Crippen LogP contribution in [0.15, 0.2) is 0 Å². The molecule has 0 atom stereocenters. The van der Waals surface area contributed by atoms with Gasteiger partial charge in [0.15, 0.2) is 0 Å². The van der Waals surface area contributed by atoms with Gasteiger partial charge in [-0.2, -0.15) is 0 Å². The molecule has 0 spiro atoms. The first-order valence-electron chi connectivity index (χ1n) is 7.18. The fourth-order valence-electron chi connectivity index (χ4n) is 2.37. The second kappa shape index (κ2) is 9.96. The Hall–Kier alpha value is -0.223. The van der Waals surface area contributed by atoms with Crippen molar-refractivity contribution in [2.24, 2.45) is 0 Å². The summed E-state index contributed by atoms with van der Waals surface area (Å²) in [5, 5.41) is 0. The molecule has 0 aromatic carbocycles. The summed E-state index contributed by atoms with van der Waals surface area (Å²) < 4.78 is 0. The maximum Gasteiger partial charge on any atom is 0.138 e. The van der Waals surface area contributed by atoms with E-state index >= 15 is 0 Å². The molecule has 0 unspecified atom stereocenters. The van der Waals surface area contributed by atoms with Crippen LogP contribution in [-0.4, -0.2) is 8.07 Å². The van der Waals surface area contributed by atoms with Crippen LogP contribution in [0, 0.1) is 11.5 Å². The van der Waals surface area contributed by atoms with Gasteiger partial charge < -0.3 is 0 Å². The van der Waals surface area contributed by atoms with Crippen molar-refractivity contribution in [3.8, 4) is 11.5 Å². The van der Waals surface area contributed by atoms with Crippen molar-refractivity contribution in [2.75, 3.05) is 0 Å². The Morgan fingerprint density at radius 1 is 0.750 bits per heavy atom. The van der Waals surface area contributed by atoms with E-state index in [9.17, 15) is 0 Å². The van der Waals surface area contributed by atoms with Gasteiger partial charge >= 0.3 is 0 Å². The predicted octanol–water partition coefficient (Wildman–Crippen LogP) is 5.40. The maximum atomic E-state index is 3.69. The number of hydrogen-bond acceptors (Lipinski definition) is 0. The van der Waals surface area contributed by atoms with Gasteiger partial charge in [-0.3, -0.25) is 0 Å². The molecule has 94 valence electrons. The van der Waals surface area contributed by atoms with Crippen LogP contribution in [-0.2, 0) is 0 Å². The summed E-state index contributed by atoms with van der Waals surface area (Å²) in [6.45, 7) is 8.94. The van der Waals surface area contributed by atoms with E-state index in [1.54, 1.807) is 0 Å². The van der Waals surface area contributed by atoms with Crippen molar-refractivity contribution < 1.29 is 0 Å². The van der Waals surface area contributed by atoms with Gasteiger partial charge in [0.05, 0.1) is 0 Å². The number of hydrogen-bond donors (Lipinski definition) is 0. The zero-order chi connectivity index (χ0) is 12.3. The van der Waals surface area contributed by atoms with Crippen molar-refractivity contribution in [2.45, 2.75) is 84.4 Å². The van der Waals surface area contributed by atoms with Crippen molar-refractivity contribution in [1.82, 2.24) is 0 Å². The lowest BCUT2D eigenvalue weighted by Gasteiger charge is -2.26. The SMILES string of the molecule is CC#C[Si](CCCC)(CCCC)CCCC. The number of rotatable bonds is 9. The molecule has 1 heteroatoms. The average Bonchev–Trinajstić information content (AvgIpc) is 2.31. The van der Waals surface area contributed by atoms with E-state index in [0.717, 1.165) is 0 Å². The first-order chi connectivity index (χ1) is 7.74. The highest BCUT2D eigenvalue weighted by Crippen LogP contribution is 2.27. The molecule has 0 aliphatic rings. The van der Waals surface area contributed by atoms with Gasteiger partial charge in [0.2, 0.25) is 0 Å². The van der Waals surface area contributed by atoms with Gasteiger partial charge in [-0.25, -0.2) is 0 Å². The molecule has 0 aromatic rings. The molecule has 0 radical (unpaired) electrons. The first kappa shape index (κ1) is 15.8. The molecule has 0 aliphatic heterocycles. The Morgan fingerprint density at radius 2 is 1.12 bits per heavy atom. The smallest absolute Gasteiger partial charge is 0.131 e. The third-order valence-corrected chi connectivity index (χ3v) is 8.13. The van der Waals surface area contributed by atoms with Crippen LogP contribution in [0.4, 0.5) is 0 Å². The van der Waals surface area contributed by atoms with Crippen molar-refractivity contribution in [1.29, 1.82) is 0 Å². The van der Waals surface area contributed by atoms with E-state index in [-0.39, 0.29) is 0 Å². The van der Waals surface area contributed by atoms with Crippen LogP contribution < -0.4 is 0 Å². The molecule has 0 aliphatic carbocycles. The summed E-state index contributed by atoms with van der Waals surface area (Å²) >= 11 is 0. The van der Waals surface area contributed by atoms with Crippen LogP contribution in [0.3, 0.4) is 0 Å². The lowest BCUT2D eigenvalue weighted by atomic mass is 10.4. The molecule has 16 heavy (non-hydrogen) atoms. The van der Waals surface area contributed by atoms with Crippen molar-refractivity contribution >= 4 is 8.07 Å². The molecular weight excluding hydrogens is 208 g/mol. The molecule has 0 rings (SSSR count). The van der Waals surface area contributed by atoms with E-state index < -0.39 is 8.07 Å². The van der Waals surface area contributed by atoms with Crippen molar-refractivity contribution in [3.63, 3.8) is 0 Å². The van der Waals surface area contributed by atoms with Crippen LogP contribution in [0.5, 0.6) is 0 Å². The number of unbranched alkanes of at least 4 members (excludes halogenated alkanes) is 3. The minimum absolute atomic E-state index is 1.22. The van der Waals surface area contributed by atoms with E-state index in [1.807, 2.05) is 6.92 Å². The Kier molecular flexibility index (Phi) is 9.83. The summed E-state index contributed by atoms with van der Waals surface area (Å²) in [7, 11) is -1.22. The Bertz CT molecular complexity index is 187. The van der Waals surface area contributed by atoms with Gasteiger partial charge in [0, 0.05) is 0 Å². The first-order valence-corrected chi connectivity index (χ1v) is 9.80. The second-order valence-corrected chi connectivity index (χ2v) is 9.28. The van der Waals surface area contributed by atoms with Gasteiger partial charge in [-0.15, -0.1) is 11.5 Å². The fourth-order valence-corrected chi connectivity index (χ4v) is 7.12. The summed E-state index contributed by atoms with van der Waals surface area (Å²) in [4.78, 5) is 0. The standard InChI is InChI=1S/C15H30Si/c1-5-9-13-16(12-8-4,14-10-6-2)15-11-7-3/h5-7,9-11,13-15H2,1-4H3. The minimum atomic E-state index is -1.22. The van der Waals surface area contributed by atoms with Crippen LogP contribution >= 0.6 is 0 Å². The predicted molar refractivity (Wildman–Crippen MR) is 78.3 cm³/mol. The van der Waals surface area contributed by atoms with E-state index in [1.165, 1.54) is 56.7 Å². The van der Waals surface area contributed by atoms with Gasteiger partial charge in [-0.05, 0) is 25.1 Å². The Labute approximate surface area is 104 Å². The second-order valence-electron chi connectivity index (χ2n) is 4.97. The third kappa shape index (κ3) is 6.38. The normalized spacial score (nSPS) is 11.0. The highest BCUT2D eigenvalue weighted by atomic mass is 28.3. The molecule has 0 saturated heterocycles. The lowest BCUT2D eigenvalue weighted by molar-refractivity contribution is 0.802. The molecule has 0 nitrogen and oxygen atoms in total. The molecule has 0 amide bonds. The summed E-state index contributed by atoms with van der Waals surface area (Å²) in [6.07, 6.45) is 8.19. The largest absolute Gasteiger partial charge is 0.138 e. The Morgan fingerprint density at radius 3 is 1.38 bits per heavy atom. The minimum Gasteiger partial charge on any atom is -0.131 e. The summed E-state index contributed by atoms with van der Waals surface area (Å²) in [6, 6.07) is 4.35. The quantitative estimate of drug-likeness (QED) is 0.373. The van der Waals surface area contributed by atoms with Crippen LogP contribution in [0.2, 0.25) is 18.1 Å². The molecule has 0 bridgehead atoms. The fraction of sp³-hybridized carbons (Fsp3) is 0.867. The van der Waals surface area contributed by atoms with Gasteiger partial charge in [-0.1, -0.05) is 59.3 Å². The van der Waals surface area contributed by atoms with E-state index in [0.29, 0.717) is 0 Å². The van der Waals surface area contributed by atoms with Crippen LogP contribution in [0.1, 0.15) is 66.2 Å². The Balaban J connectivity index is 4.50. The molecule has 0 N–H and O–H groups in total.